The van der Waals surface area contributed by atoms with Crippen LogP contribution in [-0.2, 0) is 14.3 Å². The fourth-order valence-corrected chi connectivity index (χ4v) is 3.13. The van der Waals surface area contributed by atoms with Crippen molar-refractivity contribution in [3.05, 3.63) is 63.1 Å². The third kappa shape index (κ3) is 4.26. The smallest absolute Gasteiger partial charge is 0.329 e. The van der Waals surface area contributed by atoms with Gasteiger partial charge in [0.2, 0.25) is 0 Å². The van der Waals surface area contributed by atoms with Gasteiger partial charge >= 0.3 is 5.97 Å². The van der Waals surface area contributed by atoms with Gasteiger partial charge in [-0.3, -0.25) is 19.3 Å². The van der Waals surface area contributed by atoms with Gasteiger partial charge in [-0.2, -0.15) is 0 Å². The molecule has 3 amide bonds. The summed E-state index contributed by atoms with van der Waals surface area (Å²) in [5, 5.41) is 2.83. The molecule has 0 saturated carbocycles. The number of benzene rings is 2. The van der Waals surface area contributed by atoms with E-state index in [-0.39, 0.29) is 21.2 Å². The molecular weight excluding hydrogens is 419 g/mol. The van der Waals surface area contributed by atoms with E-state index in [9.17, 15) is 19.2 Å². The zero-order valence-electron chi connectivity index (χ0n) is 15.5. The second kappa shape index (κ2) is 8.23. The molecule has 9 heteroatoms. The van der Waals surface area contributed by atoms with Crippen molar-refractivity contribution in [3.63, 3.8) is 0 Å². The van der Waals surface area contributed by atoms with Crippen molar-refractivity contribution < 1.29 is 23.9 Å². The van der Waals surface area contributed by atoms with Crippen molar-refractivity contribution in [2.75, 3.05) is 11.9 Å². The Morgan fingerprint density at radius 1 is 1.03 bits per heavy atom. The van der Waals surface area contributed by atoms with Crippen LogP contribution in [0.25, 0.3) is 0 Å². The van der Waals surface area contributed by atoms with Crippen LogP contribution in [0.4, 0.5) is 5.69 Å². The van der Waals surface area contributed by atoms with Crippen LogP contribution in [0.3, 0.4) is 0 Å². The number of imide groups is 1. The third-order valence-corrected chi connectivity index (χ3v) is 5.09. The molecule has 1 heterocycles. The molecule has 29 heavy (non-hydrogen) atoms. The number of anilines is 1. The Labute approximate surface area is 176 Å². The standard InChI is InChI=1S/C20H16Cl2N2O5/c1-10-3-5-12(6-4-10)23-17(25)9-29-20(28)11(2)24-18(26)13-7-15(21)16(22)8-14(13)19(24)27/h3-8,11H,9H2,1-2H3,(H,23,25)/t11-/m0/s1. The number of amides is 3. The molecule has 0 aliphatic carbocycles. The maximum absolute atomic E-state index is 12.5. The highest BCUT2D eigenvalue weighted by atomic mass is 35.5. The second-order valence-electron chi connectivity index (χ2n) is 6.49. The van der Waals surface area contributed by atoms with E-state index >= 15 is 0 Å². The number of carbonyl (C=O) groups is 4. The van der Waals surface area contributed by atoms with E-state index in [1.807, 2.05) is 19.1 Å². The van der Waals surface area contributed by atoms with E-state index in [1.165, 1.54) is 19.1 Å². The Morgan fingerprint density at radius 2 is 1.55 bits per heavy atom. The molecule has 0 bridgehead atoms. The summed E-state index contributed by atoms with van der Waals surface area (Å²) in [7, 11) is 0. The summed E-state index contributed by atoms with van der Waals surface area (Å²) in [5.41, 5.74) is 1.70. The van der Waals surface area contributed by atoms with Crippen molar-refractivity contribution >= 4 is 52.6 Å². The first kappa shape index (κ1) is 20.8. The Bertz CT molecular complexity index is 979. The predicted octanol–water partition coefficient (Wildman–Crippen LogP) is 3.47. The number of esters is 1. The summed E-state index contributed by atoms with van der Waals surface area (Å²) in [4.78, 5) is 50.1. The van der Waals surface area contributed by atoms with Gasteiger partial charge in [-0.25, -0.2) is 4.79 Å². The van der Waals surface area contributed by atoms with E-state index < -0.39 is 36.3 Å². The number of fused-ring (bicyclic) bond motifs is 1. The van der Waals surface area contributed by atoms with Gasteiger partial charge in [0.25, 0.3) is 17.7 Å². The molecule has 1 N–H and O–H groups in total. The van der Waals surface area contributed by atoms with Crippen LogP contribution in [0.5, 0.6) is 0 Å². The maximum Gasteiger partial charge on any atom is 0.329 e. The highest BCUT2D eigenvalue weighted by molar-refractivity contribution is 6.43. The average Bonchev–Trinajstić information content (AvgIpc) is 2.91. The minimum atomic E-state index is -1.23. The normalized spacial score (nSPS) is 13.9. The van der Waals surface area contributed by atoms with Crippen molar-refractivity contribution in [2.45, 2.75) is 19.9 Å². The van der Waals surface area contributed by atoms with E-state index in [4.69, 9.17) is 27.9 Å². The van der Waals surface area contributed by atoms with Crippen LogP contribution in [0.15, 0.2) is 36.4 Å². The lowest BCUT2D eigenvalue weighted by atomic mass is 10.1. The van der Waals surface area contributed by atoms with Crippen LogP contribution in [0, 0.1) is 6.92 Å². The lowest BCUT2D eigenvalue weighted by Crippen LogP contribution is -2.44. The molecule has 1 aliphatic heterocycles. The summed E-state index contributed by atoms with van der Waals surface area (Å²) >= 11 is 11.8. The zero-order chi connectivity index (χ0) is 21.3. The molecular formula is C20H16Cl2N2O5. The minimum Gasteiger partial charge on any atom is -0.454 e. The Hall–Kier alpha value is -2.90. The number of hydrogen-bond acceptors (Lipinski definition) is 5. The lowest BCUT2D eigenvalue weighted by Gasteiger charge is -2.20. The van der Waals surface area contributed by atoms with Crippen molar-refractivity contribution in [1.29, 1.82) is 0 Å². The SMILES string of the molecule is Cc1ccc(NC(=O)COC(=O)[C@H](C)N2C(=O)c3cc(Cl)c(Cl)cc3C2=O)cc1. The predicted molar refractivity (Wildman–Crippen MR) is 107 cm³/mol. The number of carbonyl (C=O) groups excluding carboxylic acids is 4. The van der Waals surface area contributed by atoms with Crippen LogP contribution >= 0.6 is 23.2 Å². The Kier molecular flexibility index (Phi) is 5.91. The van der Waals surface area contributed by atoms with Crippen molar-refractivity contribution in [2.24, 2.45) is 0 Å². The van der Waals surface area contributed by atoms with Gasteiger partial charge < -0.3 is 10.1 Å². The first-order valence-corrected chi connectivity index (χ1v) is 9.34. The topological polar surface area (TPSA) is 92.8 Å². The number of ether oxygens (including phenoxy) is 1. The molecule has 7 nitrogen and oxygen atoms in total. The van der Waals surface area contributed by atoms with Crippen LogP contribution in [0.2, 0.25) is 10.0 Å². The molecule has 0 aromatic heterocycles. The molecule has 0 spiro atoms. The van der Waals surface area contributed by atoms with Gasteiger partial charge in [0.15, 0.2) is 6.61 Å². The molecule has 0 fully saturated rings. The highest BCUT2D eigenvalue weighted by Gasteiger charge is 2.42. The second-order valence-corrected chi connectivity index (χ2v) is 7.30. The number of hydrogen-bond donors (Lipinski definition) is 1. The number of rotatable bonds is 5. The largest absolute Gasteiger partial charge is 0.454 e. The molecule has 0 radical (unpaired) electrons. The summed E-state index contributed by atoms with van der Waals surface area (Å²) in [6.07, 6.45) is 0. The lowest BCUT2D eigenvalue weighted by molar-refractivity contribution is -0.150. The molecule has 0 unspecified atom stereocenters. The molecule has 150 valence electrons. The maximum atomic E-state index is 12.5. The third-order valence-electron chi connectivity index (χ3n) is 4.37. The van der Waals surface area contributed by atoms with Crippen LogP contribution < -0.4 is 5.32 Å². The first-order valence-electron chi connectivity index (χ1n) is 8.59. The number of halogens is 2. The van der Waals surface area contributed by atoms with Gasteiger partial charge in [-0.15, -0.1) is 0 Å². The molecule has 1 atom stereocenters. The van der Waals surface area contributed by atoms with E-state index in [0.717, 1.165) is 10.5 Å². The Balaban J connectivity index is 1.63. The number of nitrogens with one attached hydrogen (secondary N) is 1. The number of aryl methyl sites for hydroxylation is 1. The fourth-order valence-electron chi connectivity index (χ4n) is 2.80. The summed E-state index contributed by atoms with van der Waals surface area (Å²) in [6, 6.07) is 8.42. The van der Waals surface area contributed by atoms with E-state index in [1.54, 1.807) is 12.1 Å². The number of nitrogens with zero attached hydrogens (tertiary/aromatic N) is 1. The highest BCUT2D eigenvalue weighted by Crippen LogP contribution is 2.32. The quantitative estimate of drug-likeness (QED) is 0.574. The van der Waals surface area contributed by atoms with Crippen molar-refractivity contribution in [1.82, 2.24) is 4.90 Å². The molecule has 0 saturated heterocycles. The Morgan fingerprint density at radius 3 is 2.07 bits per heavy atom. The minimum absolute atomic E-state index is 0.0566. The van der Waals surface area contributed by atoms with E-state index in [2.05, 4.69) is 5.32 Å². The van der Waals surface area contributed by atoms with Gasteiger partial charge in [0, 0.05) is 5.69 Å². The van der Waals surface area contributed by atoms with Crippen molar-refractivity contribution in [3.8, 4) is 0 Å². The first-order chi connectivity index (χ1) is 13.7. The molecule has 3 rings (SSSR count). The van der Waals surface area contributed by atoms with Gasteiger partial charge in [0.05, 0.1) is 21.2 Å². The fraction of sp³-hybridized carbons (Fsp3) is 0.200. The summed E-state index contributed by atoms with van der Waals surface area (Å²) < 4.78 is 4.97. The van der Waals surface area contributed by atoms with E-state index in [0.29, 0.717) is 5.69 Å². The summed E-state index contributed by atoms with van der Waals surface area (Å²) in [6.45, 7) is 2.69. The summed E-state index contributed by atoms with van der Waals surface area (Å²) in [5.74, 6) is -2.81. The molecule has 1 aliphatic rings. The van der Waals surface area contributed by atoms with Crippen LogP contribution in [0.1, 0.15) is 33.2 Å². The molecule has 2 aromatic rings. The van der Waals surface area contributed by atoms with Gasteiger partial charge in [0.1, 0.15) is 6.04 Å². The van der Waals surface area contributed by atoms with Gasteiger partial charge in [-0.05, 0) is 38.1 Å². The van der Waals surface area contributed by atoms with Crippen LogP contribution in [-0.4, -0.2) is 41.2 Å². The average molecular weight is 435 g/mol. The van der Waals surface area contributed by atoms with Gasteiger partial charge in [-0.1, -0.05) is 40.9 Å². The molecule has 2 aromatic carbocycles. The zero-order valence-corrected chi connectivity index (χ0v) is 17.0. The monoisotopic (exact) mass is 434 g/mol.